The van der Waals surface area contributed by atoms with Crippen molar-refractivity contribution >= 4 is 33.5 Å². The van der Waals surface area contributed by atoms with Crippen LogP contribution in [0.4, 0.5) is 5.69 Å². The highest BCUT2D eigenvalue weighted by Gasteiger charge is 2.20. The Balaban J connectivity index is 2.36. The number of hydrogen-bond donors (Lipinski definition) is 0. The second-order valence-electron chi connectivity index (χ2n) is 4.24. The van der Waals surface area contributed by atoms with Gasteiger partial charge in [0.1, 0.15) is 4.60 Å². The maximum atomic E-state index is 12.4. The maximum Gasteiger partial charge on any atom is 0.339 e. The molecule has 1 amide bonds. The molecule has 0 saturated heterocycles. The van der Waals surface area contributed by atoms with Crippen LogP contribution in [0.5, 0.6) is 0 Å². The molecule has 6 heteroatoms. The Morgan fingerprint density at radius 1 is 1.19 bits per heavy atom. The van der Waals surface area contributed by atoms with Crippen LogP contribution in [0, 0.1) is 0 Å². The maximum absolute atomic E-state index is 12.4. The number of methoxy groups -OCH3 is 1. The molecule has 108 valence electrons. The van der Waals surface area contributed by atoms with Gasteiger partial charge in [-0.25, -0.2) is 9.78 Å². The van der Waals surface area contributed by atoms with E-state index in [9.17, 15) is 9.59 Å². The van der Waals surface area contributed by atoms with Crippen molar-refractivity contribution in [3.8, 4) is 0 Å². The fourth-order valence-electron chi connectivity index (χ4n) is 1.85. The summed E-state index contributed by atoms with van der Waals surface area (Å²) < 4.78 is 5.38. The van der Waals surface area contributed by atoms with Crippen molar-refractivity contribution < 1.29 is 14.3 Å². The first-order valence-corrected chi connectivity index (χ1v) is 6.91. The highest BCUT2D eigenvalue weighted by Crippen LogP contribution is 2.22. The van der Waals surface area contributed by atoms with Crippen molar-refractivity contribution in [2.75, 3.05) is 19.1 Å². The SMILES string of the molecule is COC(=O)c1ccccc1N(C)C(=O)c1ccc(Br)nc1. The predicted molar refractivity (Wildman–Crippen MR) is 82.5 cm³/mol. The molecule has 0 unspecified atom stereocenters. The number of carbonyl (C=O) groups is 2. The third-order valence-corrected chi connectivity index (χ3v) is 3.42. The molecule has 0 spiro atoms. The van der Waals surface area contributed by atoms with Crippen LogP contribution in [0.1, 0.15) is 20.7 Å². The van der Waals surface area contributed by atoms with Crippen molar-refractivity contribution in [3.63, 3.8) is 0 Å². The van der Waals surface area contributed by atoms with Crippen LogP contribution in [0.15, 0.2) is 47.2 Å². The van der Waals surface area contributed by atoms with E-state index in [4.69, 9.17) is 4.74 Å². The quantitative estimate of drug-likeness (QED) is 0.632. The molecule has 0 aliphatic carbocycles. The molecule has 2 aromatic rings. The minimum absolute atomic E-state index is 0.258. The van der Waals surface area contributed by atoms with Crippen LogP contribution >= 0.6 is 15.9 Å². The number of halogens is 1. The van der Waals surface area contributed by atoms with Gasteiger partial charge in [0, 0.05) is 13.2 Å². The largest absolute Gasteiger partial charge is 0.465 e. The van der Waals surface area contributed by atoms with E-state index in [0.717, 1.165) is 0 Å². The molecule has 0 radical (unpaired) electrons. The number of aromatic nitrogens is 1. The number of pyridine rings is 1. The van der Waals surface area contributed by atoms with Crippen LogP contribution in [-0.4, -0.2) is 31.0 Å². The molecule has 1 heterocycles. The predicted octanol–water partition coefficient (Wildman–Crippen LogP) is 2.91. The number of rotatable bonds is 3. The number of nitrogens with zero attached hydrogens (tertiary/aromatic N) is 2. The number of anilines is 1. The van der Waals surface area contributed by atoms with Crippen molar-refractivity contribution in [1.29, 1.82) is 0 Å². The molecule has 0 atom stereocenters. The average Bonchev–Trinajstić information content (AvgIpc) is 2.53. The first-order chi connectivity index (χ1) is 10.0. The molecule has 0 fully saturated rings. The summed E-state index contributed by atoms with van der Waals surface area (Å²) in [6.45, 7) is 0. The minimum Gasteiger partial charge on any atom is -0.465 e. The van der Waals surface area contributed by atoms with Crippen LogP contribution in [0.3, 0.4) is 0 Å². The summed E-state index contributed by atoms with van der Waals surface area (Å²) in [7, 11) is 2.91. The van der Waals surface area contributed by atoms with Crippen molar-refractivity contribution in [2.24, 2.45) is 0 Å². The van der Waals surface area contributed by atoms with Gasteiger partial charge >= 0.3 is 5.97 Å². The highest BCUT2D eigenvalue weighted by molar-refractivity contribution is 9.10. The number of amides is 1. The zero-order chi connectivity index (χ0) is 15.4. The number of benzene rings is 1. The van der Waals surface area contributed by atoms with Gasteiger partial charge in [0.25, 0.3) is 5.91 Å². The van der Waals surface area contributed by atoms with Crippen molar-refractivity contribution in [3.05, 3.63) is 58.3 Å². The molecule has 2 rings (SSSR count). The summed E-state index contributed by atoms with van der Waals surface area (Å²) in [5.41, 5.74) is 1.25. The lowest BCUT2D eigenvalue weighted by molar-refractivity contribution is 0.0601. The molecule has 21 heavy (non-hydrogen) atoms. The Kier molecular flexibility index (Phi) is 4.70. The van der Waals surface area contributed by atoms with Crippen molar-refractivity contribution in [1.82, 2.24) is 4.98 Å². The molecular formula is C15H13BrN2O3. The minimum atomic E-state index is -0.487. The Hall–Kier alpha value is -2.21. The molecule has 0 bridgehead atoms. The van der Waals surface area contributed by atoms with Gasteiger partial charge in [-0.05, 0) is 40.2 Å². The van der Waals surface area contributed by atoms with Gasteiger partial charge in [0.05, 0.1) is 23.9 Å². The second kappa shape index (κ2) is 6.49. The van der Waals surface area contributed by atoms with Gasteiger partial charge < -0.3 is 9.64 Å². The van der Waals surface area contributed by atoms with Crippen molar-refractivity contribution in [2.45, 2.75) is 0 Å². The molecule has 1 aromatic carbocycles. The fourth-order valence-corrected chi connectivity index (χ4v) is 2.09. The number of carbonyl (C=O) groups excluding carboxylic acids is 2. The van der Waals surface area contributed by atoms with E-state index in [2.05, 4.69) is 20.9 Å². The summed E-state index contributed by atoms with van der Waals surface area (Å²) in [5.74, 6) is -0.745. The summed E-state index contributed by atoms with van der Waals surface area (Å²) in [4.78, 5) is 29.6. The summed E-state index contributed by atoms with van der Waals surface area (Å²) in [5, 5.41) is 0. The molecule has 5 nitrogen and oxygen atoms in total. The van der Waals surface area contributed by atoms with Gasteiger partial charge in [0.15, 0.2) is 0 Å². The smallest absolute Gasteiger partial charge is 0.339 e. The monoisotopic (exact) mass is 348 g/mol. The normalized spacial score (nSPS) is 10.0. The van der Waals surface area contributed by atoms with Gasteiger partial charge in [-0.2, -0.15) is 0 Å². The molecule has 0 aliphatic rings. The van der Waals surface area contributed by atoms with E-state index in [1.54, 1.807) is 43.4 Å². The van der Waals surface area contributed by atoms with Crippen LogP contribution in [0.25, 0.3) is 0 Å². The first kappa shape index (κ1) is 15.2. The number of ether oxygens (including phenoxy) is 1. The summed E-state index contributed by atoms with van der Waals surface area (Å²) in [6, 6.07) is 10.1. The topological polar surface area (TPSA) is 59.5 Å². The summed E-state index contributed by atoms with van der Waals surface area (Å²) >= 11 is 3.22. The van der Waals surface area contributed by atoms with Gasteiger partial charge in [-0.1, -0.05) is 12.1 Å². The zero-order valence-corrected chi connectivity index (χ0v) is 13.1. The van der Waals surface area contributed by atoms with E-state index in [1.807, 2.05) is 0 Å². The Labute approximate surface area is 130 Å². The lowest BCUT2D eigenvalue weighted by Gasteiger charge is -2.19. The molecule has 0 saturated carbocycles. The first-order valence-electron chi connectivity index (χ1n) is 6.11. The molecular weight excluding hydrogens is 336 g/mol. The molecule has 0 aliphatic heterocycles. The van der Waals surface area contributed by atoms with E-state index in [-0.39, 0.29) is 5.91 Å². The zero-order valence-electron chi connectivity index (χ0n) is 11.5. The number of para-hydroxylation sites is 1. The van der Waals surface area contributed by atoms with E-state index in [0.29, 0.717) is 21.4 Å². The van der Waals surface area contributed by atoms with Gasteiger partial charge in [-0.3, -0.25) is 4.79 Å². The van der Waals surface area contributed by atoms with E-state index in [1.165, 1.54) is 18.2 Å². The second-order valence-corrected chi connectivity index (χ2v) is 5.05. The lowest BCUT2D eigenvalue weighted by atomic mass is 10.1. The Morgan fingerprint density at radius 2 is 1.90 bits per heavy atom. The average molecular weight is 349 g/mol. The number of esters is 1. The number of hydrogen-bond acceptors (Lipinski definition) is 4. The summed E-state index contributed by atoms with van der Waals surface area (Å²) in [6.07, 6.45) is 1.48. The lowest BCUT2D eigenvalue weighted by Crippen LogP contribution is -2.28. The Morgan fingerprint density at radius 3 is 2.52 bits per heavy atom. The third-order valence-electron chi connectivity index (χ3n) is 2.95. The Bertz CT molecular complexity index is 671. The van der Waals surface area contributed by atoms with E-state index >= 15 is 0 Å². The molecule has 1 aromatic heterocycles. The standard InChI is InChI=1S/C15H13BrN2O3/c1-18(14(19)10-7-8-13(16)17-9-10)12-6-4-3-5-11(12)15(20)21-2/h3-9H,1-2H3. The van der Waals surface area contributed by atoms with Crippen LogP contribution < -0.4 is 4.90 Å². The van der Waals surface area contributed by atoms with E-state index < -0.39 is 5.97 Å². The van der Waals surface area contributed by atoms with Gasteiger partial charge in [0.2, 0.25) is 0 Å². The highest BCUT2D eigenvalue weighted by atomic mass is 79.9. The van der Waals surface area contributed by atoms with Gasteiger partial charge in [-0.15, -0.1) is 0 Å². The van der Waals surface area contributed by atoms with Crippen LogP contribution in [-0.2, 0) is 4.74 Å². The third kappa shape index (κ3) is 3.28. The molecule has 0 N–H and O–H groups in total. The fraction of sp³-hybridized carbons (Fsp3) is 0.133. The van der Waals surface area contributed by atoms with Crippen LogP contribution in [0.2, 0.25) is 0 Å².